The molecule has 0 aliphatic rings. The third-order valence-corrected chi connectivity index (χ3v) is 5.39. The van der Waals surface area contributed by atoms with E-state index in [1.807, 2.05) is 33.8 Å². The highest BCUT2D eigenvalue weighted by molar-refractivity contribution is 14.1. The number of rotatable bonds is 9. The minimum atomic E-state index is -0.758. The van der Waals surface area contributed by atoms with Crippen molar-refractivity contribution in [2.45, 2.75) is 39.8 Å². The maximum absolute atomic E-state index is 12.7. The van der Waals surface area contributed by atoms with Crippen molar-refractivity contribution in [3.63, 3.8) is 0 Å². The standard InChI is InChI=1S/C23H27ClIN3O4/c1-13(2)20(27-22(29)16-6-8-17(24)9-7-16)23(30)28-26-12-15-10-18(25)21(32-14(3)4)19(11-15)31-5/h6-14,20H,1-5H3,(H,27,29)(H,28,30). The molecule has 0 saturated carbocycles. The van der Waals surface area contributed by atoms with Crippen LogP contribution in [-0.4, -0.2) is 37.3 Å². The molecule has 2 aromatic rings. The Morgan fingerprint density at radius 1 is 1.12 bits per heavy atom. The Balaban J connectivity index is 2.08. The predicted octanol–water partition coefficient (Wildman–Crippen LogP) is 4.65. The zero-order chi connectivity index (χ0) is 23.8. The number of carbonyl (C=O) groups excluding carboxylic acids is 2. The van der Waals surface area contributed by atoms with Crippen molar-refractivity contribution in [2.75, 3.05) is 7.11 Å². The molecule has 0 spiro atoms. The number of hydrogen-bond acceptors (Lipinski definition) is 5. The fraction of sp³-hybridized carbons (Fsp3) is 0.348. The molecule has 0 bridgehead atoms. The lowest BCUT2D eigenvalue weighted by Crippen LogP contribution is -2.48. The van der Waals surface area contributed by atoms with E-state index >= 15 is 0 Å². The molecule has 32 heavy (non-hydrogen) atoms. The van der Waals surface area contributed by atoms with Crippen LogP contribution in [0.2, 0.25) is 5.02 Å². The largest absolute Gasteiger partial charge is 0.493 e. The fourth-order valence-electron chi connectivity index (χ4n) is 2.77. The minimum Gasteiger partial charge on any atom is -0.493 e. The Hall–Kier alpha value is -2.33. The van der Waals surface area contributed by atoms with Gasteiger partial charge in [0.15, 0.2) is 11.5 Å². The molecule has 0 heterocycles. The maximum atomic E-state index is 12.7. The van der Waals surface area contributed by atoms with Gasteiger partial charge >= 0.3 is 0 Å². The zero-order valence-electron chi connectivity index (χ0n) is 18.6. The van der Waals surface area contributed by atoms with E-state index in [9.17, 15) is 9.59 Å². The molecule has 0 fully saturated rings. The van der Waals surface area contributed by atoms with Gasteiger partial charge < -0.3 is 14.8 Å². The molecule has 2 rings (SSSR count). The summed E-state index contributed by atoms with van der Waals surface area (Å²) < 4.78 is 12.1. The summed E-state index contributed by atoms with van der Waals surface area (Å²) in [6, 6.07) is 9.35. The smallest absolute Gasteiger partial charge is 0.262 e. The van der Waals surface area contributed by atoms with Crippen molar-refractivity contribution in [1.29, 1.82) is 0 Å². The Kier molecular flexibility index (Phi) is 9.77. The summed E-state index contributed by atoms with van der Waals surface area (Å²) >= 11 is 8.03. The van der Waals surface area contributed by atoms with Gasteiger partial charge in [-0.05, 0) is 84.3 Å². The average molecular weight is 572 g/mol. The van der Waals surface area contributed by atoms with Gasteiger partial charge in [-0.2, -0.15) is 5.10 Å². The molecule has 0 aliphatic heterocycles. The van der Waals surface area contributed by atoms with Gasteiger partial charge in [0, 0.05) is 10.6 Å². The lowest BCUT2D eigenvalue weighted by atomic mass is 10.0. The Bertz CT molecular complexity index is 978. The summed E-state index contributed by atoms with van der Waals surface area (Å²) in [6.07, 6.45) is 1.52. The Labute approximate surface area is 207 Å². The van der Waals surface area contributed by atoms with Crippen molar-refractivity contribution in [1.82, 2.24) is 10.7 Å². The van der Waals surface area contributed by atoms with E-state index in [-0.39, 0.29) is 17.9 Å². The summed E-state index contributed by atoms with van der Waals surface area (Å²) in [5.74, 6) is 0.317. The quantitative estimate of drug-likeness (QED) is 0.261. The van der Waals surface area contributed by atoms with Gasteiger partial charge in [-0.3, -0.25) is 9.59 Å². The third-order valence-electron chi connectivity index (χ3n) is 4.34. The normalized spacial score (nSPS) is 12.2. The second-order valence-electron chi connectivity index (χ2n) is 7.64. The Morgan fingerprint density at radius 2 is 1.78 bits per heavy atom. The number of hydrogen-bond donors (Lipinski definition) is 2. The van der Waals surface area contributed by atoms with Crippen LogP contribution in [-0.2, 0) is 4.79 Å². The molecule has 1 unspecified atom stereocenters. The van der Waals surface area contributed by atoms with Crippen LogP contribution in [0.4, 0.5) is 0 Å². The van der Waals surface area contributed by atoms with Crippen molar-refractivity contribution < 1.29 is 19.1 Å². The molecule has 172 valence electrons. The predicted molar refractivity (Wildman–Crippen MR) is 135 cm³/mol. The molecule has 2 aromatic carbocycles. The molecule has 9 heteroatoms. The zero-order valence-corrected chi connectivity index (χ0v) is 21.5. The van der Waals surface area contributed by atoms with Crippen molar-refractivity contribution in [2.24, 2.45) is 11.0 Å². The fourth-order valence-corrected chi connectivity index (χ4v) is 3.64. The van der Waals surface area contributed by atoms with Crippen molar-refractivity contribution in [3.05, 3.63) is 56.1 Å². The van der Waals surface area contributed by atoms with Gasteiger partial charge in [-0.25, -0.2) is 5.43 Å². The SMILES string of the molecule is COc1cc(C=NNC(=O)C(NC(=O)c2ccc(Cl)cc2)C(C)C)cc(I)c1OC(C)C. The first-order chi connectivity index (χ1) is 15.1. The lowest BCUT2D eigenvalue weighted by molar-refractivity contribution is -0.123. The second-order valence-corrected chi connectivity index (χ2v) is 9.24. The lowest BCUT2D eigenvalue weighted by Gasteiger charge is -2.20. The van der Waals surface area contributed by atoms with E-state index in [2.05, 4.69) is 38.4 Å². The van der Waals surface area contributed by atoms with Crippen LogP contribution in [0.1, 0.15) is 43.6 Å². The van der Waals surface area contributed by atoms with Crippen LogP contribution in [0.15, 0.2) is 41.5 Å². The summed E-state index contributed by atoms with van der Waals surface area (Å²) in [5, 5.41) is 7.33. The molecule has 2 N–H and O–H groups in total. The first-order valence-electron chi connectivity index (χ1n) is 10.1. The van der Waals surface area contributed by atoms with E-state index in [1.165, 1.54) is 6.21 Å². The first-order valence-corrected chi connectivity index (χ1v) is 11.5. The number of nitrogens with zero attached hydrogens (tertiary/aromatic N) is 1. The van der Waals surface area contributed by atoms with Crippen LogP contribution < -0.4 is 20.2 Å². The van der Waals surface area contributed by atoms with E-state index in [0.29, 0.717) is 22.1 Å². The number of benzene rings is 2. The number of ether oxygens (including phenoxy) is 2. The molecular weight excluding hydrogens is 545 g/mol. The van der Waals surface area contributed by atoms with Gasteiger partial charge in [0.1, 0.15) is 6.04 Å². The van der Waals surface area contributed by atoms with E-state index < -0.39 is 11.9 Å². The number of amides is 2. The van der Waals surface area contributed by atoms with Gasteiger partial charge in [-0.15, -0.1) is 0 Å². The molecule has 2 amide bonds. The minimum absolute atomic E-state index is 0.00673. The van der Waals surface area contributed by atoms with Crippen LogP contribution in [0, 0.1) is 9.49 Å². The molecule has 0 saturated heterocycles. The third kappa shape index (κ3) is 7.37. The van der Waals surface area contributed by atoms with Gasteiger partial charge in [0.05, 0.1) is 23.0 Å². The van der Waals surface area contributed by atoms with Crippen LogP contribution >= 0.6 is 34.2 Å². The van der Waals surface area contributed by atoms with Gasteiger partial charge in [0.25, 0.3) is 11.8 Å². The van der Waals surface area contributed by atoms with Gasteiger partial charge in [-0.1, -0.05) is 25.4 Å². The molecule has 1 atom stereocenters. The van der Waals surface area contributed by atoms with Crippen LogP contribution in [0.25, 0.3) is 0 Å². The maximum Gasteiger partial charge on any atom is 0.262 e. The van der Waals surface area contributed by atoms with Crippen LogP contribution in [0.3, 0.4) is 0 Å². The topological polar surface area (TPSA) is 89.0 Å². The highest BCUT2D eigenvalue weighted by Gasteiger charge is 2.24. The van der Waals surface area contributed by atoms with E-state index in [0.717, 1.165) is 9.13 Å². The first kappa shape index (κ1) is 25.9. The highest BCUT2D eigenvalue weighted by atomic mass is 127. The molecule has 7 nitrogen and oxygen atoms in total. The number of methoxy groups -OCH3 is 1. The number of hydrazone groups is 1. The van der Waals surface area contributed by atoms with Crippen molar-refractivity contribution in [3.8, 4) is 11.5 Å². The van der Waals surface area contributed by atoms with E-state index in [1.54, 1.807) is 37.4 Å². The monoisotopic (exact) mass is 571 g/mol. The summed E-state index contributed by atoms with van der Waals surface area (Å²) in [7, 11) is 1.57. The summed E-state index contributed by atoms with van der Waals surface area (Å²) in [5.41, 5.74) is 3.65. The van der Waals surface area contributed by atoms with Crippen LogP contribution in [0.5, 0.6) is 11.5 Å². The van der Waals surface area contributed by atoms with E-state index in [4.69, 9.17) is 21.1 Å². The highest BCUT2D eigenvalue weighted by Crippen LogP contribution is 2.34. The van der Waals surface area contributed by atoms with Gasteiger partial charge in [0.2, 0.25) is 0 Å². The number of carbonyl (C=O) groups is 2. The molecular formula is C23H27ClIN3O4. The molecule has 0 aliphatic carbocycles. The number of halogens is 2. The van der Waals surface area contributed by atoms with Crippen molar-refractivity contribution >= 4 is 52.2 Å². The second kappa shape index (κ2) is 12.1. The summed E-state index contributed by atoms with van der Waals surface area (Å²) in [6.45, 7) is 7.57. The summed E-state index contributed by atoms with van der Waals surface area (Å²) in [4.78, 5) is 25.1. The Morgan fingerprint density at radius 3 is 2.34 bits per heavy atom. The number of nitrogens with one attached hydrogen (secondary N) is 2. The molecule has 0 aromatic heterocycles. The molecule has 0 radical (unpaired) electrons. The average Bonchev–Trinajstić information content (AvgIpc) is 2.73.